The van der Waals surface area contributed by atoms with Crippen molar-refractivity contribution in [1.82, 2.24) is 14.8 Å². The summed E-state index contributed by atoms with van der Waals surface area (Å²) in [5, 5.41) is 3.07. The number of likely N-dealkylation sites (tertiary alicyclic amines) is 1. The molecule has 0 bridgehead atoms. The van der Waals surface area contributed by atoms with Crippen LogP contribution in [0, 0.1) is 0 Å². The molecular formula is C21H23N3O2. The van der Waals surface area contributed by atoms with E-state index in [0.29, 0.717) is 12.1 Å². The van der Waals surface area contributed by atoms with E-state index < -0.39 is 0 Å². The molecule has 0 radical (unpaired) electrons. The first kappa shape index (κ1) is 16.7. The Morgan fingerprint density at radius 2 is 1.77 bits per heavy atom. The van der Waals surface area contributed by atoms with Gasteiger partial charge < -0.3 is 14.3 Å². The van der Waals surface area contributed by atoms with E-state index in [0.717, 1.165) is 24.5 Å². The number of hydrogen-bond acceptors (Lipinski definition) is 3. The van der Waals surface area contributed by atoms with E-state index in [2.05, 4.69) is 10.2 Å². The van der Waals surface area contributed by atoms with Crippen LogP contribution < -0.4 is 5.32 Å². The predicted octanol–water partition coefficient (Wildman–Crippen LogP) is 3.64. The lowest BCUT2D eigenvalue weighted by Gasteiger charge is -2.26. The van der Waals surface area contributed by atoms with Crippen molar-refractivity contribution in [2.24, 2.45) is 0 Å². The van der Waals surface area contributed by atoms with Gasteiger partial charge in [-0.15, -0.1) is 0 Å². The second kappa shape index (κ2) is 7.62. The van der Waals surface area contributed by atoms with E-state index in [4.69, 9.17) is 4.42 Å². The number of nitrogens with zero attached hydrogens (tertiary/aromatic N) is 2. The van der Waals surface area contributed by atoms with Gasteiger partial charge in [-0.05, 0) is 74.5 Å². The molecule has 0 aliphatic carbocycles. The first-order valence-corrected chi connectivity index (χ1v) is 9.10. The Morgan fingerprint density at radius 3 is 2.42 bits per heavy atom. The third-order valence-corrected chi connectivity index (χ3v) is 4.94. The summed E-state index contributed by atoms with van der Waals surface area (Å²) in [6.45, 7) is 2.64. The van der Waals surface area contributed by atoms with Crippen LogP contribution in [-0.2, 0) is 0 Å². The summed E-state index contributed by atoms with van der Waals surface area (Å²) in [7, 11) is 0. The third kappa shape index (κ3) is 3.58. The highest BCUT2D eigenvalue weighted by Gasteiger charge is 2.26. The van der Waals surface area contributed by atoms with Crippen LogP contribution in [0.3, 0.4) is 0 Å². The van der Waals surface area contributed by atoms with Gasteiger partial charge in [-0.3, -0.25) is 9.69 Å². The molecule has 1 fully saturated rings. The van der Waals surface area contributed by atoms with Crippen molar-refractivity contribution < 1.29 is 9.21 Å². The summed E-state index contributed by atoms with van der Waals surface area (Å²) in [6.07, 6.45) is 8.07. The Morgan fingerprint density at radius 1 is 1.04 bits per heavy atom. The quantitative estimate of drug-likeness (QED) is 0.739. The van der Waals surface area contributed by atoms with Gasteiger partial charge in [-0.25, -0.2) is 0 Å². The highest BCUT2D eigenvalue weighted by molar-refractivity contribution is 5.94. The second-order valence-electron chi connectivity index (χ2n) is 6.62. The van der Waals surface area contributed by atoms with Gasteiger partial charge in [0, 0.05) is 30.2 Å². The highest BCUT2D eigenvalue weighted by atomic mass is 16.3. The van der Waals surface area contributed by atoms with Gasteiger partial charge in [0.2, 0.25) is 0 Å². The predicted molar refractivity (Wildman–Crippen MR) is 100 cm³/mol. The molecule has 3 aromatic rings. The highest BCUT2D eigenvalue weighted by Crippen LogP contribution is 2.25. The van der Waals surface area contributed by atoms with E-state index in [9.17, 15) is 4.79 Å². The number of benzene rings is 1. The van der Waals surface area contributed by atoms with Gasteiger partial charge in [0.15, 0.2) is 0 Å². The number of furan rings is 1. The summed E-state index contributed by atoms with van der Waals surface area (Å²) >= 11 is 0. The van der Waals surface area contributed by atoms with Crippen molar-refractivity contribution >= 4 is 5.91 Å². The zero-order chi connectivity index (χ0) is 17.8. The monoisotopic (exact) mass is 349 g/mol. The first-order chi connectivity index (χ1) is 12.8. The molecule has 3 heterocycles. The molecule has 5 nitrogen and oxygen atoms in total. The lowest BCUT2D eigenvalue weighted by molar-refractivity contribution is 0.0934. The summed E-state index contributed by atoms with van der Waals surface area (Å²) < 4.78 is 7.62. The van der Waals surface area contributed by atoms with Crippen LogP contribution in [0.15, 0.2) is 71.6 Å². The maximum Gasteiger partial charge on any atom is 0.251 e. The number of carbonyl (C=O) groups is 1. The maximum atomic E-state index is 12.6. The van der Waals surface area contributed by atoms with Crippen molar-refractivity contribution in [3.05, 3.63) is 78.5 Å². The fourth-order valence-electron chi connectivity index (χ4n) is 3.53. The average molecular weight is 349 g/mol. The Kier molecular flexibility index (Phi) is 4.88. The van der Waals surface area contributed by atoms with Crippen LogP contribution in [0.4, 0.5) is 0 Å². The minimum atomic E-state index is -0.0557. The third-order valence-electron chi connectivity index (χ3n) is 4.94. The molecule has 1 aliphatic heterocycles. The van der Waals surface area contributed by atoms with E-state index >= 15 is 0 Å². The zero-order valence-corrected chi connectivity index (χ0v) is 14.7. The molecular weight excluding hydrogens is 326 g/mol. The molecule has 5 heteroatoms. The maximum absolute atomic E-state index is 12.6. The SMILES string of the molecule is O=C(NC[C@H](c1ccco1)N1CCCC1)c1ccc(-n2cccc2)cc1. The van der Waals surface area contributed by atoms with Gasteiger partial charge >= 0.3 is 0 Å². The Balaban J connectivity index is 1.42. The number of nitrogens with one attached hydrogen (secondary N) is 1. The van der Waals surface area contributed by atoms with E-state index in [1.807, 2.05) is 65.5 Å². The minimum Gasteiger partial charge on any atom is -0.468 e. The summed E-state index contributed by atoms with van der Waals surface area (Å²) in [6, 6.07) is 15.6. The van der Waals surface area contributed by atoms with Gasteiger partial charge in [0.05, 0.1) is 12.3 Å². The first-order valence-electron chi connectivity index (χ1n) is 9.10. The molecule has 26 heavy (non-hydrogen) atoms. The van der Waals surface area contributed by atoms with Crippen molar-refractivity contribution in [1.29, 1.82) is 0 Å². The number of amides is 1. The Labute approximate surface area is 153 Å². The van der Waals surface area contributed by atoms with Crippen LogP contribution >= 0.6 is 0 Å². The van der Waals surface area contributed by atoms with E-state index in [-0.39, 0.29) is 11.9 Å². The van der Waals surface area contributed by atoms with Gasteiger partial charge in [-0.1, -0.05) is 0 Å². The molecule has 0 unspecified atom stereocenters. The van der Waals surface area contributed by atoms with Gasteiger partial charge in [0.1, 0.15) is 5.76 Å². The van der Waals surface area contributed by atoms with Crippen molar-refractivity contribution in [3.63, 3.8) is 0 Å². The Bertz CT molecular complexity index is 817. The number of hydrogen-bond donors (Lipinski definition) is 1. The average Bonchev–Trinajstić information content (AvgIpc) is 3.45. The second-order valence-corrected chi connectivity index (χ2v) is 6.62. The molecule has 1 saturated heterocycles. The van der Waals surface area contributed by atoms with E-state index in [1.165, 1.54) is 12.8 Å². The van der Waals surface area contributed by atoms with Crippen LogP contribution in [0.1, 0.15) is 35.0 Å². The fourth-order valence-corrected chi connectivity index (χ4v) is 3.53. The molecule has 4 rings (SSSR count). The topological polar surface area (TPSA) is 50.4 Å². The lowest BCUT2D eigenvalue weighted by Crippen LogP contribution is -2.36. The molecule has 1 aliphatic rings. The molecule has 0 spiro atoms. The summed E-state index contributed by atoms with van der Waals surface area (Å²) in [5.41, 5.74) is 1.71. The number of rotatable bonds is 6. The molecule has 1 atom stereocenters. The minimum absolute atomic E-state index is 0.0557. The largest absolute Gasteiger partial charge is 0.468 e. The molecule has 2 aromatic heterocycles. The molecule has 134 valence electrons. The van der Waals surface area contributed by atoms with Gasteiger partial charge in [0.25, 0.3) is 5.91 Å². The van der Waals surface area contributed by atoms with Gasteiger partial charge in [-0.2, -0.15) is 0 Å². The molecule has 1 N–H and O–H groups in total. The standard InChI is InChI=1S/C21H23N3O2/c25-21(17-7-9-18(10-8-17)23-11-1-2-12-23)22-16-19(20-6-5-15-26-20)24-13-3-4-14-24/h1-2,5-12,15,19H,3-4,13-14,16H2,(H,22,25)/t19-/m1/s1. The number of aromatic nitrogens is 1. The lowest BCUT2D eigenvalue weighted by atomic mass is 10.1. The van der Waals surface area contributed by atoms with Crippen molar-refractivity contribution in [3.8, 4) is 5.69 Å². The fraction of sp³-hybridized carbons (Fsp3) is 0.286. The molecule has 0 saturated carbocycles. The van der Waals surface area contributed by atoms with Crippen molar-refractivity contribution in [2.75, 3.05) is 19.6 Å². The summed E-state index contributed by atoms with van der Waals surface area (Å²) in [5.74, 6) is 0.856. The molecule has 1 aromatic carbocycles. The van der Waals surface area contributed by atoms with Crippen LogP contribution in [0.2, 0.25) is 0 Å². The smallest absolute Gasteiger partial charge is 0.251 e. The van der Waals surface area contributed by atoms with Crippen LogP contribution in [-0.4, -0.2) is 35.0 Å². The number of carbonyl (C=O) groups excluding carboxylic acids is 1. The van der Waals surface area contributed by atoms with Crippen LogP contribution in [0.25, 0.3) is 5.69 Å². The molecule has 1 amide bonds. The zero-order valence-electron chi connectivity index (χ0n) is 14.7. The van der Waals surface area contributed by atoms with Crippen LogP contribution in [0.5, 0.6) is 0 Å². The normalized spacial score (nSPS) is 15.8. The summed E-state index contributed by atoms with van der Waals surface area (Å²) in [4.78, 5) is 14.9. The van der Waals surface area contributed by atoms with E-state index in [1.54, 1.807) is 6.26 Å². The Hall–Kier alpha value is -2.79. The van der Waals surface area contributed by atoms with Crippen molar-refractivity contribution in [2.45, 2.75) is 18.9 Å².